The van der Waals surface area contributed by atoms with E-state index in [9.17, 15) is 18.3 Å². The molecule has 0 fully saturated rings. The van der Waals surface area contributed by atoms with E-state index in [-0.39, 0.29) is 0 Å². The van der Waals surface area contributed by atoms with Crippen LogP contribution in [-0.4, -0.2) is 43.6 Å². The summed E-state index contributed by atoms with van der Waals surface area (Å²) in [4.78, 5) is 20.9. The zero-order valence-corrected chi connectivity index (χ0v) is 23.4. The lowest BCUT2D eigenvalue weighted by atomic mass is 9.97. The Morgan fingerprint density at radius 1 is 1.05 bits per heavy atom. The van der Waals surface area contributed by atoms with Gasteiger partial charge in [-0.2, -0.15) is 13.2 Å². The summed E-state index contributed by atoms with van der Waals surface area (Å²) in [6.45, 7) is 8.27. The third-order valence-electron chi connectivity index (χ3n) is 7.47. The van der Waals surface area contributed by atoms with Gasteiger partial charge in [-0.1, -0.05) is 18.2 Å². The van der Waals surface area contributed by atoms with E-state index in [4.69, 9.17) is 9.98 Å². The molecule has 2 aliphatic heterocycles. The third kappa shape index (κ3) is 4.73. The number of rotatable bonds is 5. The van der Waals surface area contributed by atoms with Gasteiger partial charge in [0.05, 0.1) is 28.7 Å². The first-order valence-electron chi connectivity index (χ1n) is 13.4. The molecule has 0 bridgehead atoms. The highest BCUT2D eigenvalue weighted by molar-refractivity contribution is 6.36. The number of amidine groups is 1. The van der Waals surface area contributed by atoms with Gasteiger partial charge in [0.25, 0.3) is 0 Å². The molecule has 0 saturated carbocycles. The van der Waals surface area contributed by atoms with Crippen molar-refractivity contribution in [2.45, 2.75) is 45.5 Å². The van der Waals surface area contributed by atoms with Gasteiger partial charge in [-0.25, -0.2) is 15.0 Å². The normalized spacial score (nSPS) is 15.9. The highest BCUT2D eigenvalue weighted by Crippen LogP contribution is 2.40. The largest absolute Gasteiger partial charge is 0.416 e. The number of benzene rings is 2. The topological polar surface area (TPSA) is 91.5 Å². The van der Waals surface area contributed by atoms with Gasteiger partial charge in [0, 0.05) is 25.2 Å². The second-order valence-corrected chi connectivity index (χ2v) is 11.0. The highest BCUT2D eigenvalue weighted by Gasteiger charge is 2.34. The van der Waals surface area contributed by atoms with Crippen LogP contribution in [0.3, 0.4) is 0 Å². The predicted molar refractivity (Wildman–Crippen MR) is 154 cm³/mol. The van der Waals surface area contributed by atoms with Crippen molar-refractivity contribution in [2.24, 2.45) is 12.0 Å². The summed E-state index contributed by atoms with van der Waals surface area (Å²) in [5.41, 5.74) is 2.88. The lowest BCUT2D eigenvalue weighted by Gasteiger charge is -2.29. The second-order valence-electron chi connectivity index (χ2n) is 11.0. The molecule has 0 saturated heterocycles. The first-order chi connectivity index (χ1) is 19.3. The summed E-state index contributed by atoms with van der Waals surface area (Å²) in [5.74, 6) is 3.15. The van der Waals surface area contributed by atoms with Crippen LogP contribution in [0, 0.1) is 6.92 Å². The number of aliphatic imine (C=N–C) groups is 1. The summed E-state index contributed by atoms with van der Waals surface area (Å²) in [6, 6.07) is 10.8. The van der Waals surface area contributed by atoms with Gasteiger partial charge in [0.1, 0.15) is 34.7 Å². The molecule has 0 aliphatic carbocycles. The van der Waals surface area contributed by atoms with Crippen LogP contribution in [-0.2, 0) is 18.8 Å². The Labute approximate surface area is 235 Å². The zero-order chi connectivity index (χ0) is 29.3. The summed E-state index contributed by atoms with van der Waals surface area (Å²) >= 11 is 0. The number of hydrogen-bond donors (Lipinski definition) is 2. The molecule has 2 aliphatic rings. The molecule has 8 nitrogen and oxygen atoms in total. The number of fused-ring (bicyclic) bond motifs is 4. The zero-order valence-electron chi connectivity index (χ0n) is 23.4. The van der Waals surface area contributed by atoms with E-state index in [2.05, 4.69) is 20.2 Å². The Bertz CT molecular complexity index is 1750. The van der Waals surface area contributed by atoms with Crippen molar-refractivity contribution in [1.82, 2.24) is 19.5 Å². The summed E-state index contributed by atoms with van der Waals surface area (Å²) in [5, 5.41) is 13.9. The minimum atomic E-state index is -4.42. The van der Waals surface area contributed by atoms with E-state index in [0.29, 0.717) is 41.9 Å². The summed E-state index contributed by atoms with van der Waals surface area (Å²) in [6.07, 6.45) is -2.43. The average molecular weight is 562 g/mol. The van der Waals surface area contributed by atoms with Crippen molar-refractivity contribution in [1.29, 1.82) is 0 Å². The molecule has 1 unspecified atom stereocenters. The molecule has 1 atom stereocenters. The van der Waals surface area contributed by atoms with Gasteiger partial charge in [-0.15, -0.1) is 0 Å². The van der Waals surface area contributed by atoms with Crippen LogP contribution in [0.25, 0.3) is 22.7 Å². The van der Waals surface area contributed by atoms with Crippen LogP contribution < -0.4 is 10.2 Å². The van der Waals surface area contributed by atoms with Gasteiger partial charge < -0.3 is 19.9 Å². The van der Waals surface area contributed by atoms with Crippen LogP contribution in [0.4, 0.5) is 24.8 Å². The number of aliphatic hydroxyl groups is 1. The standard InChI is InChI=1S/C30H30F3N7O/c1-16(18-7-6-8-20(13-18)30(31,32)33)35-25-22-15-21(26-34-11-12-40(26)27(22)37-17(2)36-25)19-9-10-23-24(14-19)39(5)28(38-23)29(3,4)41/h6-10,13-16,41H,11-12H2,1-5H3,(H,35,36,37). The van der Waals surface area contributed by atoms with E-state index in [1.165, 1.54) is 6.07 Å². The Hall–Kier alpha value is -4.25. The fraction of sp³-hybridized carbons (Fsp3) is 0.333. The summed E-state index contributed by atoms with van der Waals surface area (Å²) in [7, 11) is 1.88. The molecule has 2 aromatic heterocycles. The summed E-state index contributed by atoms with van der Waals surface area (Å²) < 4.78 is 42.0. The van der Waals surface area contributed by atoms with Crippen LogP contribution >= 0.6 is 0 Å². The minimum absolute atomic E-state index is 0.452. The third-order valence-corrected chi connectivity index (χ3v) is 7.47. The maximum absolute atomic E-state index is 13.4. The SMILES string of the molecule is Cc1nc(NC(C)c2cccc(C(F)(F)F)c2)c2c(n1)N1CCN=C1C(c1ccc3nc(C(C)(C)O)n(C)c3c1)=C2. The van der Waals surface area contributed by atoms with Gasteiger partial charge in [-0.3, -0.25) is 4.99 Å². The molecule has 4 heterocycles. The Morgan fingerprint density at radius 2 is 1.83 bits per heavy atom. The van der Waals surface area contributed by atoms with Gasteiger partial charge in [0.2, 0.25) is 0 Å². The van der Waals surface area contributed by atoms with Crippen molar-refractivity contribution in [2.75, 3.05) is 23.3 Å². The van der Waals surface area contributed by atoms with Gasteiger partial charge in [0.15, 0.2) is 0 Å². The van der Waals surface area contributed by atoms with Crippen LogP contribution in [0.5, 0.6) is 0 Å². The lowest BCUT2D eigenvalue weighted by Crippen LogP contribution is -2.33. The molecule has 0 amide bonds. The Balaban J connectivity index is 1.44. The predicted octanol–water partition coefficient (Wildman–Crippen LogP) is 5.86. The number of imidazole rings is 1. The van der Waals surface area contributed by atoms with Crippen molar-refractivity contribution in [3.8, 4) is 0 Å². The lowest BCUT2D eigenvalue weighted by molar-refractivity contribution is -0.137. The molecule has 4 aromatic rings. The maximum Gasteiger partial charge on any atom is 0.416 e. The molecule has 212 valence electrons. The van der Waals surface area contributed by atoms with Crippen molar-refractivity contribution in [3.63, 3.8) is 0 Å². The van der Waals surface area contributed by atoms with E-state index < -0.39 is 23.4 Å². The fourth-order valence-electron chi connectivity index (χ4n) is 5.50. The number of halogens is 3. The molecule has 11 heteroatoms. The Morgan fingerprint density at radius 3 is 2.56 bits per heavy atom. The molecule has 6 rings (SSSR count). The van der Waals surface area contributed by atoms with Crippen molar-refractivity contribution < 1.29 is 18.3 Å². The van der Waals surface area contributed by atoms with Crippen LogP contribution in [0.15, 0.2) is 47.5 Å². The fourth-order valence-corrected chi connectivity index (χ4v) is 5.50. The van der Waals surface area contributed by atoms with Crippen LogP contribution in [0.2, 0.25) is 0 Å². The molecule has 41 heavy (non-hydrogen) atoms. The first-order valence-corrected chi connectivity index (χ1v) is 13.4. The van der Waals surface area contributed by atoms with Gasteiger partial charge >= 0.3 is 6.18 Å². The molecule has 0 spiro atoms. The molecular weight excluding hydrogens is 531 g/mol. The molecule has 0 radical (unpaired) electrons. The maximum atomic E-state index is 13.4. The smallest absolute Gasteiger partial charge is 0.383 e. The van der Waals surface area contributed by atoms with E-state index in [1.807, 2.05) is 42.8 Å². The first kappa shape index (κ1) is 26.9. The second kappa shape index (κ2) is 9.41. The van der Waals surface area contributed by atoms with Crippen molar-refractivity contribution in [3.05, 3.63) is 76.4 Å². The van der Waals surface area contributed by atoms with E-state index in [0.717, 1.165) is 45.7 Å². The van der Waals surface area contributed by atoms with E-state index >= 15 is 0 Å². The minimum Gasteiger partial charge on any atom is -0.383 e. The van der Waals surface area contributed by atoms with Crippen molar-refractivity contribution >= 4 is 40.2 Å². The van der Waals surface area contributed by atoms with Gasteiger partial charge in [-0.05, 0) is 69.2 Å². The number of hydrogen-bond acceptors (Lipinski definition) is 7. The number of nitrogens with one attached hydrogen (secondary N) is 1. The highest BCUT2D eigenvalue weighted by atomic mass is 19.4. The number of aryl methyl sites for hydroxylation is 2. The monoisotopic (exact) mass is 561 g/mol. The Kier molecular flexibility index (Phi) is 6.18. The number of alkyl halides is 3. The molecule has 2 aromatic carbocycles. The molecular formula is C30H30F3N7O. The molecule has 2 N–H and O–H groups in total. The number of nitrogens with zero attached hydrogens (tertiary/aromatic N) is 6. The number of anilines is 2. The van der Waals surface area contributed by atoms with E-state index in [1.54, 1.807) is 26.8 Å². The number of aromatic nitrogens is 4. The quantitative estimate of drug-likeness (QED) is 0.317. The van der Waals surface area contributed by atoms with Crippen LogP contribution in [0.1, 0.15) is 60.7 Å². The average Bonchev–Trinajstić information content (AvgIpc) is 3.53.